The lowest BCUT2D eigenvalue weighted by Crippen LogP contribution is -2.04. The molecule has 0 rings (SSSR count). The normalized spacial score (nSPS) is 13.0. The van der Waals surface area contributed by atoms with Crippen LogP contribution in [0.1, 0.15) is 20.8 Å². The van der Waals surface area contributed by atoms with Crippen LogP contribution in [0.25, 0.3) is 0 Å². The molecule has 0 radical (unpaired) electrons. The van der Waals surface area contributed by atoms with Gasteiger partial charge in [-0.05, 0) is 26.3 Å². The molecule has 0 aliphatic rings. The van der Waals surface area contributed by atoms with E-state index in [1.165, 1.54) is 0 Å². The molecule has 0 atom stereocenters. The predicted octanol–water partition coefficient (Wildman–Crippen LogP) is 2.58. The lowest BCUT2D eigenvalue weighted by atomic mass is 10.1. The average Bonchev–Trinajstić information content (AvgIpc) is 1.62. The van der Waals surface area contributed by atoms with E-state index in [1.54, 1.807) is 0 Å². The van der Waals surface area contributed by atoms with Crippen molar-refractivity contribution in [2.75, 3.05) is 0 Å². The Bertz CT molecular complexity index is 152. The SMILES string of the molecule is C#C/C(C)=C\C(C)(C)Cl. The fraction of sp³-hybridized carbons (Fsp3) is 0.500. The van der Waals surface area contributed by atoms with Crippen molar-refractivity contribution in [3.05, 3.63) is 11.6 Å². The largest absolute Gasteiger partial charge is 0.115 e. The molecule has 0 saturated carbocycles. The molecule has 0 heterocycles. The van der Waals surface area contributed by atoms with Gasteiger partial charge in [-0.1, -0.05) is 12.0 Å². The second-order valence-corrected chi connectivity index (χ2v) is 3.51. The zero-order chi connectivity index (χ0) is 7.49. The van der Waals surface area contributed by atoms with E-state index in [0.29, 0.717) is 0 Å². The van der Waals surface area contributed by atoms with E-state index in [9.17, 15) is 0 Å². The van der Waals surface area contributed by atoms with Crippen LogP contribution in [-0.2, 0) is 0 Å². The first kappa shape index (κ1) is 8.59. The number of rotatable bonds is 1. The Kier molecular flexibility index (Phi) is 2.81. The summed E-state index contributed by atoms with van der Waals surface area (Å²) in [7, 11) is 0. The summed E-state index contributed by atoms with van der Waals surface area (Å²) >= 11 is 5.83. The highest BCUT2D eigenvalue weighted by molar-refractivity contribution is 6.24. The van der Waals surface area contributed by atoms with E-state index < -0.39 is 0 Å². The summed E-state index contributed by atoms with van der Waals surface area (Å²) in [5.41, 5.74) is 0.884. The Labute approximate surface area is 61.9 Å². The van der Waals surface area contributed by atoms with Gasteiger partial charge < -0.3 is 0 Å². The van der Waals surface area contributed by atoms with Gasteiger partial charge in [0.15, 0.2) is 0 Å². The smallest absolute Gasteiger partial charge is 0.0581 e. The van der Waals surface area contributed by atoms with E-state index >= 15 is 0 Å². The molecular formula is C8H11Cl. The van der Waals surface area contributed by atoms with Gasteiger partial charge in [-0.15, -0.1) is 18.0 Å². The number of alkyl halides is 1. The molecule has 0 aromatic rings. The molecule has 0 aliphatic carbocycles. The first-order chi connectivity index (χ1) is 3.95. The Morgan fingerprint density at radius 3 is 2.22 bits per heavy atom. The highest BCUT2D eigenvalue weighted by Crippen LogP contribution is 2.15. The summed E-state index contributed by atoms with van der Waals surface area (Å²) in [5.74, 6) is 2.50. The van der Waals surface area contributed by atoms with Crippen molar-refractivity contribution >= 4 is 11.6 Å². The predicted molar refractivity (Wildman–Crippen MR) is 42.5 cm³/mol. The van der Waals surface area contributed by atoms with Crippen molar-refractivity contribution in [1.82, 2.24) is 0 Å². The van der Waals surface area contributed by atoms with Gasteiger partial charge in [0.2, 0.25) is 0 Å². The molecule has 0 nitrogen and oxygen atoms in total. The number of halogens is 1. The molecule has 0 amide bonds. The first-order valence-corrected chi connectivity index (χ1v) is 3.18. The standard InChI is InChI=1S/C8H11Cl/c1-5-7(2)6-8(3,4)9/h1,6H,2-4H3/b7-6-. The number of terminal acetylenes is 1. The third-order valence-corrected chi connectivity index (χ3v) is 0.897. The van der Waals surface area contributed by atoms with Crippen LogP contribution in [-0.4, -0.2) is 4.87 Å². The topological polar surface area (TPSA) is 0 Å². The third-order valence-electron chi connectivity index (χ3n) is 0.787. The summed E-state index contributed by atoms with van der Waals surface area (Å²) in [4.78, 5) is -0.309. The highest BCUT2D eigenvalue weighted by Gasteiger charge is 2.07. The molecule has 0 unspecified atom stereocenters. The Morgan fingerprint density at radius 1 is 1.67 bits per heavy atom. The molecule has 0 spiro atoms. The van der Waals surface area contributed by atoms with Gasteiger partial charge >= 0.3 is 0 Å². The van der Waals surface area contributed by atoms with Crippen molar-refractivity contribution < 1.29 is 0 Å². The summed E-state index contributed by atoms with van der Waals surface area (Å²) in [6.07, 6.45) is 6.96. The van der Waals surface area contributed by atoms with Gasteiger partial charge in [0.25, 0.3) is 0 Å². The van der Waals surface area contributed by atoms with Crippen LogP contribution in [0.4, 0.5) is 0 Å². The second-order valence-electron chi connectivity index (χ2n) is 2.54. The quantitative estimate of drug-likeness (QED) is 0.390. The fourth-order valence-electron chi connectivity index (χ4n) is 0.557. The summed E-state index contributed by atoms with van der Waals surface area (Å²) in [5, 5.41) is 0. The summed E-state index contributed by atoms with van der Waals surface area (Å²) in [6.45, 7) is 5.66. The number of hydrogen-bond acceptors (Lipinski definition) is 0. The van der Waals surface area contributed by atoms with Crippen molar-refractivity contribution in [1.29, 1.82) is 0 Å². The molecular weight excluding hydrogens is 132 g/mol. The molecule has 0 aromatic heterocycles. The molecule has 0 fully saturated rings. The van der Waals surface area contributed by atoms with Gasteiger partial charge in [0.1, 0.15) is 0 Å². The Balaban J connectivity index is 4.17. The average molecular weight is 143 g/mol. The minimum Gasteiger partial charge on any atom is -0.115 e. The Morgan fingerprint density at radius 2 is 2.11 bits per heavy atom. The molecule has 9 heavy (non-hydrogen) atoms. The monoisotopic (exact) mass is 142 g/mol. The van der Waals surface area contributed by atoms with Crippen molar-refractivity contribution in [3.8, 4) is 12.3 Å². The maximum absolute atomic E-state index is 5.83. The van der Waals surface area contributed by atoms with Gasteiger partial charge in [-0.2, -0.15) is 0 Å². The minimum absolute atomic E-state index is 0.309. The van der Waals surface area contributed by atoms with Crippen LogP contribution in [0.2, 0.25) is 0 Å². The minimum atomic E-state index is -0.309. The lowest BCUT2D eigenvalue weighted by molar-refractivity contribution is 0.876. The Hall–Kier alpha value is -0.410. The van der Waals surface area contributed by atoms with Crippen LogP contribution in [0.15, 0.2) is 11.6 Å². The molecule has 0 N–H and O–H groups in total. The molecule has 50 valence electrons. The summed E-state index contributed by atoms with van der Waals surface area (Å²) < 4.78 is 0. The van der Waals surface area contributed by atoms with Gasteiger partial charge in [-0.25, -0.2) is 0 Å². The molecule has 1 heteroatoms. The number of hydrogen-bond donors (Lipinski definition) is 0. The summed E-state index contributed by atoms with van der Waals surface area (Å²) in [6, 6.07) is 0. The first-order valence-electron chi connectivity index (χ1n) is 2.81. The van der Waals surface area contributed by atoms with E-state index in [1.807, 2.05) is 26.8 Å². The van der Waals surface area contributed by atoms with Gasteiger partial charge in [0.05, 0.1) is 4.87 Å². The van der Waals surface area contributed by atoms with Crippen LogP contribution >= 0.6 is 11.6 Å². The van der Waals surface area contributed by atoms with Crippen LogP contribution in [0.5, 0.6) is 0 Å². The van der Waals surface area contributed by atoms with Crippen LogP contribution in [0, 0.1) is 12.3 Å². The van der Waals surface area contributed by atoms with E-state index in [0.717, 1.165) is 5.57 Å². The molecule has 0 saturated heterocycles. The van der Waals surface area contributed by atoms with Crippen LogP contribution in [0.3, 0.4) is 0 Å². The third kappa shape index (κ3) is 5.46. The van der Waals surface area contributed by atoms with E-state index in [2.05, 4.69) is 5.92 Å². The molecule has 0 aromatic carbocycles. The van der Waals surface area contributed by atoms with Crippen molar-refractivity contribution in [3.63, 3.8) is 0 Å². The molecule has 0 bridgehead atoms. The fourth-order valence-corrected chi connectivity index (χ4v) is 0.720. The van der Waals surface area contributed by atoms with Crippen LogP contribution < -0.4 is 0 Å². The maximum Gasteiger partial charge on any atom is 0.0581 e. The maximum atomic E-state index is 5.83. The number of allylic oxidation sites excluding steroid dienone is 2. The van der Waals surface area contributed by atoms with Gasteiger partial charge in [0, 0.05) is 0 Å². The highest BCUT2D eigenvalue weighted by atomic mass is 35.5. The zero-order valence-electron chi connectivity index (χ0n) is 6.03. The van der Waals surface area contributed by atoms with Crippen molar-refractivity contribution in [2.24, 2.45) is 0 Å². The second kappa shape index (κ2) is 2.94. The van der Waals surface area contributed by atoms with Crippen molar-refractivity contribution in [2.45, 2.75) is 25.6 Å². The zero-order valence-corrected chi connectivity index (χ0v) is 6.79. The van der Waals surface area contributed by atoms with E-state index in [-0.39, 0.29) is 4.87 Å². The van der Waals surface area contributed by atoms with E-state index in [4.69, 9.17) is 18.0 Å². The van der Waals surface area contributed by atoms with Gasteiger partial charge in [-0.3, -0.25) is 0 Å². The lowest BCUT2D eigenvalue weighted by Gasteiger charge is -2.08. The molecule has 0 aliphatic heterocycles.